The van der Waals surface area contributed by atoms with Crippen LogP contribution in [0.1, 0.15) is 33.6 Å². The van der Waals surface area contributed by atoms with Crippen LogP contribution in [0.5, 0.6) is 0 Å². The van der Waals surface area contributed by atoms with E-state index in [1.807, 2.05) is 0 Å². The van der Waals surface area contributed by atoms with Gasteiger partial charge in [0, 0.05) is 4.75 Å². The maximum absolute atomic E-state index is 3.46. The molecule has 72 valence electrons. The van der Waals surface area contributed by atoms with E-state index in [9.17, 15) is 0 Å². The molecule has 1 saturated heterocycles. The van der Waals surface area contributed by atoms with Crippen LogP contribution in [0.25, 0.3) is 0 Å². The highest BCUT2D eigenvalue weighted by Gasteiger charge is 2.17. The molecule has 0 aliphatic carbocycles. The van der Waals surface area contributed by atoms with Crippen LogP contribution in [0, 0.1) is 5.92 Å². The van der Waals surface area contributed by atoms with Gasteiger partial charge >= 0.3 is 0 Å². The van der Waals surface area contributed by atoms with Gasteiger partial charge in [0.2, 0.25) is 0 Å². The van der Waals surface area contributed by atoms with Crippen LogP contribution < -0.4 is 5.32 Å². The van der Waals surface area contributed by atoms with E-state index in [2.05, 4.69) is 37.8 Å². The minimum atomic E-state index is 0.442. The Hall–Kier alpha value is 0.310. The van der Waals surface area contributed by atoms with E-state index < -0.39 is 0 Å². The molecule has 0 unspecified atom stereocenters. The van der Waals surface area contributed by atoms with Crippen molar-refractivity contribution in [3.63, 3.8) is 0 Å². The van der Waals surface area contributed by atoms with Crippen molar-refractivity contribution in [2.24, 2.45) is 5.92 Å². The maximum Gasteiger partial charge on any atom is 0.00752 e. The fraction of sp³-hybridized carbons (Fsp3) is 1.00. The predicted octanol–water partition coefficient (Wildman–Crippen LogP) is 2.52. The molecule has 12 heavy (non-hydrogen) atoms. The zero-order valence-corrected chi connectivity index (χ0v) is 9.34. The second kappa shape index (κ2) is 4.52. The quantitative estimate of drug-likeness (QED) is 0.713. The molecule has 0 aromatic rings. The van der Waals surface area contributed by atoms with Gasteiger partial charge in [-0.2, -0.15) is 11.8 Å². The van der Waals surface area contributed by atoms with Crippen molar-refractivity contribution >= 4 is 11.8 Å². The van der Waals surface area contributed by atoms with Crippen LogP contribution in [0.15, 0.2) is 0 Å². The van der Waals surface area contributed by atoms with E-state index >= 15 is 0 Å². The highest BCUT2D eigenvalue weighted by atomic mass is 32.2. The summed E-state index contributed by atoms with van der Waals surface area (Å²) in [6, 6.07) is 0. The number of thioether (sulfide) groups is 1. The van der Waals surface area contributed by atoms with Crippen molar-refractivity contribution in [3.05, 3.63) is 0 Å². The molecule has 1 atom stereocenters. The van der Waals surface area contributed by atoms with Gasteiger partial charge in [-0.1, -0.05) is 20.8 Å². The third-order valence-electron chi connectivity index (χ3n) is 2.15. The van der Waals surface area contributed by atoms with E-state index in [0.29, 0.717) is 4.75 Å². The average Bonchev–Trinajstić information content (AvgIpc) is 2.02. The molecule has 1 rings (SSSR count). The molecular weight excluding hydrogens is 166 g/mol. The normalized spacial score (nSPS) is 25.8. The van der Waals surface area contributed by atoms with Crippen molar-refractivity contribution in [2.45, 2.75) is 38.4 Å². The van der Waals surface area contributed by atoms with Gasteiger partial charge in [0.15, 0.2) is 0 Å². The van der Waals surface area contributed by atoms with E-state index in [4.69, 9.17) is 0 Å². The Morgan fingerprint density at radius 2 is 2.17 bits per heavy atom. The second-order valence-electron chi connectivity index (χ2n) is 4.64. The summed E-state index contributed by atoms with van der Waals surface area (Å²) in [6.45, 7) is 9.37. The molecule has 1 nitrogen and oxygen atoms in total. The Morgan fingerprint density at radius 1 is 1.42 bits per heavy atom. The van der Waals surface area contributed by atoms with Crippen LogP contribution >= 0.6 is 11.8 Å². The van der Waals surface area contributed by atoms with E-state index in [1.165, 1.54) is 31.7 Å². The van der Waals surface area contributed by atoms with Crippen molar-refractivity contribution in [3.8, 4) is 0 Å². The molecule has 1 fully saturated rings. The van der Waals surface area contributed by atoms with Crippen LogP contribution in [0.4, 0.5) is 0 Å². The Bertz CT molecular complexity index is 122. The summed E-state index contributed by atoms with van der Waals surface area (Å²) in [5.74, 6) is 2.25. The number of hydrogen-bond acceptors (Lipinski definition) is 2. The first-order valence-corrected chi connectivity index (χ1v) is 5.91. The molecular formula is C10H21NS. The molecule has 1 heterocycles. The second-order valence-corrected chi connectivity index (χ2v) is 6.48. The minimum Gasteiger partial charge on any atom is -0.316 e. The first kappa shape index (κ1) is 10.4. The fourth-order valence-electron chi connectivity index (χ4n) is 1.43. The lowest BCUT2D eigenvalue weighted by molar-refractivity contribution is 0.409. The van der Waals surface area contributed by atoms with Crippen LogP contribution in [0.3, 0.4) is 0 Å². The van der Waals surface area contributed by atoms with Gasteiger partial charge in [0.25, 0.3) is 0 Å². The smallest absolute Gasteiger partial charge is 0.00752 e. The molecule has 0 bridgehead atoms. The highest BCUT2D eigenvalue weighted by molar-refractivity contribution is 8.00. The summed E-state index contributed by atoms with van der Waals surface area (Å²) in [5, 5.41) is 3.46. The van der Waals surface area contributed by atoms with Gasteiger partial charge in [-0.15, -0.1) is 0 Å². The third-order valence-corrected chi connectivity index (χ3v) is 3.66. The predicted molar refractivity (Wildman–Crippen MR) is 57.8 cm³/mol. The summed E-state index contributed by atoms with van der Waals surface area (Å²) >= 11 is 2.10. The number of rotatable bonds is 2. The summed E-state index contributed by atoms with van der Waals surface area (Å²) in [7, 11) is 0. The molecule has 2 heteroatoms. The molecule has 0 aromatic carbocycles. The third kappa shape index (κ3) is 4.36. The van der Waals surface area contributed by atoms with Crippen molar-refractivity contribution in [1.29, 1.82) is 0 Å². The summed E-state index contributed by atoms with van der Waals surface area (Å²) < 4.78 is 0.442. The van der Waals surface area contributed by atoms with Crippen LogP contribution in [0.2, 0.25) is 0 Å². The lowest BCUT2D eigenvalue weighted by Crippen LogP contribution is -2.31. The number of nitrogens with one attached hydrogen (secondary N) is 1. The number of piperidine rings is 1. The Balaban J connectivity index is 2.13. The van der Waals surface area contributed by atoms with Gasteiger partial charge in [-0.05, 0) is 37.6 Å². The summed E-state index contributed by atoms with van der Waals surface area (Å²) in [6.07, 6.45) is 2.80. The average molecular weight is 187 g/mol. The largest absolute Gasteiger partial charge is 0.316 e. The lowest BCUT2D eigenvalue weighted by Gasteiger charge is -2.26. The fourth-order valence-corrected chi connectivity index (χ4v) is 2.45. The molecule has 0 aromatic heterocycles. The molecule has 0 amide bonds. The van der Waals surface area contributed by atoms with E-state index in [-0.39, 0.29) is 0 Å². The first-order valence-electron chi connectivity index (χ1n) is 4.92. The topological polar surface area (TPSA) is 12.0 Å². The summed E-state index contributed by atoms with van der Waals surface area (Å²) in [5.41, 5.74) is 0. The molecule has 1 aliphatic heterocycles. The zero-order chi connectivity index (χ0) is 9.03. The monoisotopic (exact) mass is 187 g/mol. The zero-order valence-electron chi connectivity index (χ0n) is 8.52. The molecule has 0 saturated carbocycles. The van der Waals surface area contributed by atoms with Crippen molar-refractivity contribution < 1.29 is 0 Å². The first-order chi connectivity index (χ1) is 5.58. The van der Waals surface area contributed by atoms with E-state index in [1.54, 1.807) is 0 Å². The van der Waals surface area contributed by atoms with Crippen LogP contribution in [-0.2, 0) is 0 Å². The lowest BCUT2D eigenvalue weighted by atomic mass is 10.0. The van der Waals surface area contributed by atoms with Gasteiger partial charge < -0.3 is 5.32 Å². The Morgan fingerprint density at radius 3 is 2.67 bits per heavy atom. The van der Waals surface area contributed by atoms with Gasteiger partial charge in [-0.25, -0.2) is 0 Å². The standard InChI is InChI=1S/C10H21NS/c1-10(2,3)12-8-9-5-4-6-11-7-9/h9,11H,4-8H2,1-3H3/t9-/m1/s1. The van der Waals surface area contributed by atoms with Gasteiger partial charge in [-0.3, -0.25) is 0 Å². The molecule has 0 radical (unpaired) electrons. The van der Waals surface area contributed by atoms with E-state index in [0.717, 1.165) is 5.92 Å². The highest BCUT2D eigenvalue weighted by Crippen LogP contribution is 2.27. The van der Waals surface area contributed by atoms with Crippen LogP contribution in [-0.4, -0.2) is 23.6 Å². The van der Waals surface area contributed by atoms with Gasteiger partial charge in [0.05, 0.1) is 0 Å². The number of hydrogen-bond donors (Lipinski definition) is 1. The molecule has 0 spiro atoms. The van der Waals surface area contributed by atoms with Gasteiger partial charge in [0.1, 0.15) is 0 Å². The minimum absolute atomic E-state index is 0.442. The Kier molecular flexibility index (Phi) is 3.91. The SMILES string of the molecule is CC(C)(C)SC[C@@H]1CCCNC1. The summed E-state index contributed by atoms with van der Waals surface area (Å²) in [4.78, 5) is 0. The maximum atomic E-state index is 3.46. The van der Waals surface area contributed by atoms with Crippen molar-refractivity contribution in [2.75, 3.05) is 18.8 Å². The van der Waals surface area contributed by atoms with Crippen molar-refractivity contribution in [1.82, 2.24) is 5.32 Å². The molecule has 1 aliphatic rings. The Labute approximate surface area is 80.7 Å². The molecule has 1 N–H and O–H groups in total.